The van der Waals surface area contributed by atoms with Crippen molar-refractivity contribution in [1.29, 1.82) is 0 Å². The summed E-state index contributed by atoms with van der Waals surface area (Å²) in [5, 5.41) is 0. The number of sulfonamides is 1. The SMILES string of the molecule is O=S(=O)(c1ccc(OC(F)(F)F)cc1)N1CCN(c2cnc3cc(Br)ccc3n2)CC1. The Balaban J connectivity index is 1.44. The molecule has 0 spiro atoms. The zero-order valence-electron chi connectivity index (χ0n) is 15.9. The van der Waals surface area contributed by atoms with E-state index in [1.165, 1.54) is 4.31 Å². The quantitative estimate of drug-likeness (QED) is 0.525. The van der Waals surface area contributed by atoms with Crippen molar-refractivity contribution in [3.05, 3.63) is 53.1 Å². The van der Waals surface area contributed by atoms with E-state index in [9.17, 15) is 21.6 Å². The molecular weight excluding hydrogens is 501 g/mol. The molecule has 1 aliphatic heterocycles. The minimum absolute atomic E-state index is 0.0912. The van der Waals surface area contributed by atoms with E-state index < -0.39 is 22.1 Å². The monoisotopic (exact) mass is 516 g/mol. The number of ether oxygens (including phenoxy) is 1. The van der Waals surface area contributed by atoms with E-state index in [1.54, 1.807) is 6.20 Å². The van der Waals surface area contributed by atoms with Gasteiger partial charge in [0.2, 0.25) is 10.0 Å². The highest BCUT2D eigenvalue weighted by Crippen LogP contribution is 2.26. The summed E-state index contributed by atoms with van der Waals surface area (Å²) < 4.78 is 68.5. The van der Waals surface area contributed by atoms with E-state index in [-0.39, 0.29) is 18.0 Å². The number of piperazine rings is 1. The summed E-state index contributed by atoms with van der Waals surface area (Å²) in [7, 11) is -3.84. The molecule has 2 aromatic carbocycles. The van der Waals surface area contributed by atoms with Gasteiger partial charge in [-0.2, -0.15) is 4.31 Å². The van der Waals surface area contributed by atoms with Gasteiger partial charge in [-0.05, 0) is 42.5 Å². The van der Waals surface area contributed by atoms with E-state index in [1.807, 2.05) is 23.1 Å². The van der Waals surface area contributed by atoms with E-state index in [4.69, 9.17) is 0 Å². The first-order valence-electron chi connectivity index (χ1n) is 9.15. The lowest BCUT2D eigenvalue weighted by molar-refractivity contribution is -0.274. The van der Waals surface area contributed by atoms with Crippen LogP contribution in [0.15, 0.2) is 58.0 Å². The Morgan fingerprint density at radius 2 is 1.65 bits per heavy atom. The summed E-state index contributed by atoms with van der Waals surface area (Å²) in [5.74, 6) is 0.179. The number of hydrogen-bond acceptors (Lipinski definition) is 6. The standard InChI is InChI=1S/C19H16BrF3N4O3S/c20-13-1-6-16-17(11-13)24-12-18(25-16)26-7-9-27(10-8-26)31(28,29)15-4-2-14(3-5-15)30-19(21,22)23/h1-6,11-12H,7-10H2. The van der Waals surface area contributed by atoms with Gasteiger partial charge in [0.1, 0.15) is 11.6 Å². The first kappa shape index (κ1) is 21.8. The minimum atomic E-state index is -4.83. The molecule has 0 atom stereocenters. The smallest absolute Gasteiger partial charge is 0.406 e. The third kappa shape index (κ3) is 4.91. The van der Waals surface area contributed by atoms with Gasteiger partial charge in [-0.15, -0.1) is 13.2 Å². The predicted octanol–water partition coefficient (Wildman–Crippen LogP) is 3.80. The van der Waals surface area contributed by atoms with Crippen molar-refractivity contribution in [1.82, 2.24) is 14.3 Å². The molecule has 1 saturated heterocycles. The molecule has 1 aliphatic rings. The fourth-order valence-corrected chi connectivity index (χ4v) is 5.02. The lowest BCUT2D eigenvalue weighted by Gasteiger charge is -2.34. The summed E-state index contributed by atoms with van der Waals surface area (Å²) in [5.41, 5.74) is 1.48. The maximum atomic E-state index is 12.8. The number of rotatable bonds is 4. The van der Waals surface area contributed by atoms with E-state index in [2.05, 4.69) is 30.6 Å². The van der Waals surface area contributed by atoms with Gasteiger partial charge in [-0.3, -0.25) is 4.98 Å². The Labute approximate surface area is 184 Å². The van der Waals surface area contributed by atoms with Crippen LogP contribution in [-0.2, 0) is 10.0 Å². The molecule has 0 N–H and O–H groups in total. The Hall–Kier alpha value is -2.44. The van der Waals surface area contributed by atoms with Crippen LogP contribution in [0.25, 0.3) is 11.0 Å². The topological polar surface area (TPSA) is 75.6 Å². The molecule has 0 aliphatic carbocycles. The van der Waals surface area contributed by atoms with Crippen LogP contribution >= 0.6 is 15.9 Å². The number of aromatic nitrogens is 2. The molecule has 4 rings (SSSR count). The van der Waals surface area contributed by atoms with Gasteiger partial charge in [0.05, 0.1) is 22.1 Å². The molecule has 0 radical (unpaired) electrons. The van der Waals surface area contributed by atoms with Crippen molar-refractivity contribution >= 4 is 42.8 Å². The van der Waals surface area contributed by atoms with Crippen LogP contribution in [0.3, 0.4) is 0 Å². The summed E-state index contributed by atoms with van der Waals surface area (Å²) >= 11 is 3.39. The van der Waals surface area contributed by atoms with E-state index in [0.29, 0.717) is 18.9 Å². The Kier molecular flexibility index (Phi) is 5.79. The van der Waals surface area contributed by atoms with Crippen LogP contribution < -0.4 is 9.64 Å². The van der Waals surface area contributed by atoms with Gasteiger partial charge in [0.15, 0.2) is 0 Å². The van der Waals surface area contributed by atoms with Crippen molar-refractivity contribution in [3.8, 4) is 5.75 Å². The molecule has 0 amide bonds. The summed E-state index contributed by atoms with van der Waals surface area (Å²) in [6.07, 6.45) is -3.18. The average molecular weight is 517 g/mol. The maximum Gasteiger partial charge on any atom is 0.573 e. The van der Waals surface area contributed by atoms with Gasteiger partial charge in [-0.25, -0.2) is 13.4 Å². The van der Waals surface area contributed by atoms with Crippen LogP contribution in [0, 0.1) is 0 Å². The third-order valence-electron chi connectivity index (χ3n) is 4.75. The Bertz CT molecular complexity index is 1200. The molecule has 2 heterocycles. The fraction of sp³-hybridized carbons (Fsp3) is 0.263. The minimum Gasteiger partial charge on any atom is -0.406 e. The number of fused-ring (bicyclic) bond motifs is 1. The van der Waals surface area contributed by atoms with E-state index in [0.717, 1.165) is 39.8 Å². The number of anilines is 1. The largest absolute Gasteiger partial charge is 0.573 e. The molecular formula is C19H16BrF3N4O3S. The molecule has 164 valence electrons. The highest BCUT2D eigenvalue weighted by atomic mass is 79.9. The second-order valence-electron chi connectivity index (χ2n) is 6.77. The fourth-order valence-electron chi connectivity index (χ4n) is 3.25. The second kappa shape index (κ2) is 8.24. The van der Waals surface area contributed by atoms with Crippen LogP contribution in [0.1, 0.15) is 0 Å². The predicted molar refractivity (Wildman–Crippen MR) is 111 cm³/mol. The van der Waals surface area contributed by atoms with Crippen molar-refractivity contribution in [2.75, 3.05) is 31.1 Å². The second-order valence-corrected chi connectivity index (χ2v) is 9.63. The van der Waals surface area contributed by atoms with Crippen molar-refractivity contribution in [2.45, 2.75) is 11.3 Å². The summed E-state index contributed by atoms with van der Waals surface area (Å²) in [6, 6.07) is 9.77. The normalized spacial score (nSPS) is 15.9. The molecule has 0 saturated carbocycles. The van der Waals surface area contributed by atoms with Crippen molar-refractivity contribution < 1.29 is 26.3 Å². The van der Waals surface area contributed by atoms with Crippen LogP contribution in [-0.4, -0.2) is 55.2 Å². The molecule has 12 heteroatoms. The van der Waals surface area contributed by atoms with Gasteiger partial charge in [-0.1, -0.05) is 15.9 Å². The van der Waals surface area contributed by atoms with E-state index >= 15 is 0 Å². The van der Waals surface area contributed by atoms with Gasteiger partial charge in [0, 0.05) is 30.7 Å². The highest BCUT2D eigenvalue weighted by Gasteiger charge is 2.32. The molecule has 3 aromatic rings. The molecule has 1 aromatic heterocycles. The lowest BCUT2D eigenvalue weighted by Crippen LogP contribution is -2.48. The lowest BCUT2D eigenvalue weighted by atomic mass is 10.3. The van der Waals surface area contributed by atoms with Crippen LogP contribution in [0.5, 0.6) is 5.75 Å². The van der Waals surface area contributed by atoms with Gasteiger partial charge >= 0.3 is 6.36 Å². The number of nitrogens with zero attached hydrogens (tertiary/aromatic N) is 4. The first-order valence-corrected chi connectivity index (χ1v) is 11.4. The van der Waals surface area contributed by atoms with Crippen molar-refractivity contribution in [2.24, 2.45) is 0 Å². The molecule has 1 fully saturated rings. The zero-order valence-corrected chi connectivity index (χ0v) is 18.3. The summed E-state index contributed by atoms with van der Waals surface area (Å²) in [4.78, 5) is 10.9. The Morgan fingerprint density at radius 3 is 2.29 bits per heavy atom. The zero-order chi connectivity index (χ0) is 22.2. The third-order valence-corrected chi connectivity index (χ3v) is 7.16. The van der Waals surface area contributed by atoms with Gasteiger partial charge in [0.25, 0.3) is 0 Å². The Morgan fingerprint density at radius 1 is 0.968 bits per heavy atom. The molecule has 0 bridgehead atoms. The molecule has 0 unspecified atom stereocenters. The molecule has 7 nitrogen and oxygen atoms in total. The van der Waals surface area contributed by atoms with Crippen molar-refractivity contribution in [3.63, 3.8) is 0 Å². The maximum absolute atomic E-state index is 12.8. The van der Waals surface area contributed by atoms with Crippen LogP contribution in [0.4, 0.5) is 19.0 Å². The number of alkyl halides is 3. The van der Waals surface area contributed by atoms with Crippen LogP contribution in [0.2, 0.25) is 0 Å². The van der Waals surface area contributed by atoms with Gasteiger partial charge < -0.3 is 9.64 Å². The molecule has 31 heavy (non-hydrogen) atoms. The summed E-state index contributed by atoms with van der Waals surface area (Å²) in [6.45, 7) is 1.24. The first-order chi connectivity index (χ1) is 14.6. The average Bonchev–Trinajstić information content (AvgIpc) is 2.73. The number of benzene rings is 2. The number of halogens is 4. The number of hydrogen-bond donors (Lipinski definition) is 0. The highest BCUT2D eigenvalue weighted by molar-refractivity contribution is 9.10.